The average molecular weight is 423 g/mol. The number of nitrogens with zero attached hydrogens (tertiary/aromatic N) is 1. The van der Waals surface area contributed by atoms with Crippen molar-refractivity contribution in [2.24, 2.45) is 0 Å². The van der Waals surface area contributed by atoms with Crippen LogP contribution in [0.2, 0.25) is 0 Å². The summed E-state index contributed by atoms with van der Waals surface area (Å²) in [6.07, 6.45) is 0. The van der Waals surface area contributed by atoms with Crippen molar-refractivity contribution in [1.82, 2.24) is 4.90 Å². The Morgan fingerprint density at radius 2 is 2.00 bits per heavy atom. The summed E-state index contributed by atoms with van der Waals surface area (Å²) >= 11 is 1.45. The molecule has 4 rings (SSSR count). The second kappa shape index (κ2) is 8.59. The number of methoxy groups -OCH3 is 1. The predicted molar refractivity (Wildman–Crippen MR) is 117 cm³/mol. The van der Waals surface area contributed by atoms with Gasteiger partial charge in [-0.3, -0.25) is 9.59 Å². The van der Waals surface area contributed by atoms with Crippen LogP contribution in [0.15, 0.2) is 54.6 Å². The number of thiophene rings is 1. The summed E-state index contributed by atoms with van der Waals surface area (Å²) in [5.74, 6) is 1.07. The molecule has 0 unspecified atom stereocenters. The number of ether oxygens (including phenoxy) is 2. The molecule has 30 heavy (non-hydrogen) atoms. The van der Waals surface area contributed by atoms with Crippen LogP contribution in [0.5, 0.6) is 11.5 Å². The third-order valence-electron chi connectivity index (χ3n) is 4.89. The smallest absolute Gasteiger partial charge is 0.264 e. The van der Waals surface area contributed by atoms with Gasteiger partial charge in [-0.15, -0.1) is 11.3 Å². The highest BCUT2D eigenvalue weighted by Gasteiger charge is 2.25. The largest absolute Gasteiger partial charge is 0.497 e. The van der Waals surface area contributed by atoms with Crippen LogP contribution >= 0.6 is 11.3 Å². The van der Waals surface area contributed by atoms with Crippen molar-refractivity contribution in [3.8, 4) is 21.9 Å². The zero-order chi connectivity index (χ0) is 21.1. The van der Waals surface area contributed by atoms with Gasteiger partial charge in [0.15, 0.2) is 0 Å². The van der Waals surface area contributed by atoms with Gasteiger partial charge in [0, 0.05) is 34.3 Å². The molecular weight excluding hydrogens is 400 g/mol. The van der Waals surface area contributed by atoms with Gasteiger partial charge in [-0.05, 0) is 37.3 Å². The molecule has 6 nitrogen and oxygen atoms in total. The molecule has 1 aromatic heterocycles. The molecule has 2 heterocycles. The Bertz CT molecular complexity index is 1090. The molecule has 154 valence electrons. The lowest BCUT2D eigenvalue weighted by Crippen LogP contribution is -2.37. The van der Waals surface area contributed by atoms with Crippen LogP contribution in [-0.4, -0.2) is 36.9 Å². The van der Waals surface area contributed by atoms with E-state index in [-0.39, 0.29) is 18.4 Å². The summed E-state index contributed by atoms with van der Waals surface area (Å²) in [4.78, 5) is 28.8. The van der Waals surface area contributed by atoms with Gasteiger partial charge in [-0.1, -0.05) is 18.2 Å². The van der Waals surface area contributed by atoms with Crippen LogP contribution in [0.1, 0.15) is 22.2 Å². The first-order valence-electron chi connectivity index (χ1n) is 9.67. The second-order valence-electron chi connectivity index (χ2n) is 6.85. The Hall–Kier alpha value is -3.32. The van der Waals surface area contributed by atoms with Crippen LogP contribution in [0.4, 0.5) is 5.69 Å². The number of hydrogen-bond donors (Lipinski definition) is 1. The van der Waals surface area contributed by atoms with E-state index in [1.54, 1.807) is 36.3 Å². The number of para-hydroxylation sites is 1. The Kier molecular flexibility index (Phi) is 5.72. The summed E-state index contributed by atoms with van der Waals surface area (Å²) in [6.45, 7) is 2.71. The van der Waals surface area contributed by atoms with Crippen molar-refractivity contribution in [3.63, 3.8) is 0 Å². The molecule has 0 radical (unpaired) electrons. The number of carbonyl (C=O) groups excluding carboxylic acids is 2. The van der Waals surface area contributed by atoms with E-state index in [0.717, 1.165) is 21.8 Å². The van der Waals surface area contributed by atoms with E-state index >= 15 is 0 Å². The van der Waals surface area contributed by atoms with Crippen LogP contribution in [0.3, 0.4) is 0 Å². The molecule has 0 spiro atoms. The number of rotatable bonds is 6. The van der Waals surface area contributed by atoms with Gasteiger partial charge < -0.3 is 19.7 Å². The first kappa shape index (κ1) is 20.0. The maximum Gasteiger partial charge on any atom is 0.264 e. The van der Waals surface area contributed by atoms with E-state index in [1.807, 2.05) is 37.3 Å². The van der Waals surface area contributed by atoms with E-state index in [9.17, 15) is 9.59 Å². The number of nitrogens with one attached hydrogen (secondary N) is 1. The molecular formula is C23H22N2O4S. The normalized spacial score (nSPS) is 11.7. The Balaban J connectivity index is 1.48. The molecule has 0 atom stereocenters. The molecule has 0 aliphatic carbocycles. The number of anilines is 1. The summed E-state index contributed by atoms with van der Waals surface area (Å²) in [7, 11) is 1.57. The van der Waals surface area contributed by atoms with Gasteiger partial charge in [-0.25, -0.2) is 0 Å². The summed E-state index contributed by atoms with van der Waals surface area (Å²) in [5, 5.41) is 2.82. The highest BCUT2D eigenvalue weighted by molar-refractivity contribution is 7.17. The minimum absolute atomic E-state index is 0.0256. The van der Waals surface area contributed by atoms with Crippen molar-refractivity contribution in [2.75, 3.05) is 25.5 Å². The van der Waals surface area contributed by atoms with Crippen LogP contribution in [0, 0.1) is 0 Å². The monoisotopic (exact) mass is 422 g/mol. The molecule has 0 saturated carbocycles. The zero-order valence-corrected chi connectivity index (χ0v) is 17.6. The zero-order valence-electron chi connectivity index (χ0n) is 16.8. The van der Waals surface area contributed by atoms with Gasteiger partial charge in [0.1, 0.15) is 24.7 Å². The average Bonchev–Trinajstić information content (AvgIpc) is 3.22. The number of hydrogen-bond acceptors (Lipinski definition) is 5. The Morgan fingerprint density at radius 3 is 2.80 bits per heavy atom. The van der Waals surface area contributed by atoms with Gasteiger partial charge in [0.05, 0.1) is 12.0 Å². The molecule has 0 fully saturated rings. The SMILES string of the molecule is CCN(CC(=O)Nc1cccc(OC)c1)C(=O)c1cc2c(s1)-c1ccccc1OC2. The van der Waals surface area contributed by atoms with Gasteiger partial charge in [0.2, 0.25) is 5.91 Å². The first-order chi connectivity index (χ1) is 14.6. The molecule has 7 heteroatoms. The molecule has 1 aliphatic rings. The van der Waals surface area contributed by atoms with E-state index < -0.39 is 0 Å². The molecule has 1 N–H and O–H groups in total. The van der Waals surface area contributed by atoms with Crippen LogP contribution in [-0.2, 0) is 11.4 Å². The van der Waals surface area contributed by atoms with Crippen LogP contribution in [0.25, 0.3) is 10.4 Å². The molecule has 0 bridgehead atoms. The summed E-state index contributed by atoms with van der Waals surface area (Å²) in [6, 6.07) is 16.8. The summed E-state index contributed by atoms with van der Waals surface area (Å²) < 4.78 is 11.0. The number of benzene rings is 2. The molecule has 0 saturated heterocycles. The van der Waals surface area contributed by atoms with Crippen molar-refractivity contribution in [2.45, 2.75) is 13.5 Å². The van der Waals surface area contributed by atoms with Crippen molar-refractivity contribution in [1.29, 1.82) is 0 Å². The van der Waals surface area contributed by atoms with Gasteiger partial charge in [-0.2, -0.15) is 0 Å². The third-order valence-corrected chi connectivity index (χ3v) is 6.09. The van der Waals surface area contributed by atoms with E-state index in [0.29, 0.717) is 29.5 Å². The molecule has 3 aromatic rings. The minimum atomic E-state index is -0.256. The second-order valence-corrected chi connectivity index (χ2v) is 7.90. The molecule has 1 aliphatic heterocycles. The van der Waals surface area contributed by atoms with Crippen molar-refractivity contribution < 1.29 is 19.1 Å². The lowest BCUT2D eigenvalue weighted by atomic mass is 10.1. The molecule has 2 aromatic carbocycles. The fourth-order valence-corrected chi connectivity index (χ4v) is 4.53. The van der Waals surface area contributed by atoms with Crippen LogP contribution < -0.4 is 14.8 Å². The Labute approximate surface area is 179 Å². The number of fused-ring (bicyclic) bond motifs is 3. The Morgan fingerprint density at radius 1 is 1.17 bits per heavy atom. The maximum absolute atomic E-state index is 13.1. The third kappa shape index (κ3) is 4.02. The van der Waals surface area contributed by atoms with Crippen molar-refractivity contribution >= 4 is 28.8 Å². The highest BCUT2D eigenvalue weighted by Crippen LogP contribution is 2.42. The van der Waals surface area contributed by atoms with E-state index in [4.69, 9.17) is 9.47 Å². The predicted octanol–water partition coefficient (Wildman–Crippen LogP) is 4.42. The lowest BCUT2D eigenvalue weighted by molar-refractivity contribution is -0.116. The summed E-state index contributed by atoms with van der Waals surface area (Å²) in [5.41, 5.74) is 2.63. The number of carbonyl (C=O) groups is 2. The number of likely N-dealkylation sites (N-methyl/N-ethyl adjacent to an activating group) is 1. The topological polar surface area (TPSA) is 67.9 Å². The fraction of sp³-hybridized carbons (Fsp3) is 0.217. The minimum Gasteiger partial charge on any atom is -0.497 e. The maximum atomic E-state index is 13.1. The standard InChI is InChI=1S/C23H22N2O4S/c1-3-25(13-21(26)24-16-7-6-8-17(12-16)28-2)23(27)20-11-15-14-29-19-10-5-4-9-18(19)22(15)30-20/h4-12H,3,13-14H2,1-2H3,(H,24,26). The molecule has 2 amide bonds. The van der Waals surface area contributed by atoms with E-state index in [1.165, 1.54) is 11.3 Å². The fourth-order valence-electron chi connectivity index (χ4n) is 3.36. The quantitative estimate of drug-likeness (QED) is 0.639. The lowest BCUT2D eigenvalue weighted by Gasteiger charge is -2.19. The highest BCUT2D eigenvalue weighted by atomic mass is 32.1. The van der Waals surface area contributed by atoms with Gasteiger partial charge >= 0.3 is 0 Å². The van der Waals surface area contributed by atoms with E-state index in [2.05, 4.69) is 5.32 Å². The van der Waals surface area contributed by atoms with Crippen molar-refractivity contribution in [3.05, 3.63) is 65.0 Å². The number of amides is 2. The first-order valence-corrected chi connectivity index (χ1v) is 10.5. The van der Waals surface area contributed by atoms with Gasteiger partial charge in [0.25, 0.3) is 5.91 Å².